The molecule has 2 N–H and O–H groups in total. The van der Waals surface area contributed by atoms with Crippen LogP contribution in [0.5, 0.6) is 11.5 Å². The number of rotatable bonds is 13. The Hall–Kier alpha value is -4.37. The highest BCUT2D eigenvalue weighted by Gasteiger charge is 2.24. The van der Waals surface area contributed by atoms with E-state index in [4.69, 9.17) is 9.47 Å². The van der Waals surface area contributed by atoms with Gasteiger partial charge in [-0.2, -0.15) is 0 Å². The first-order valence-electron chi connectivity index (χ1n) is 17.0. The Morgan fingerprint density at radius 3 is 2.28 bits per heavy atom. The summed E-state index contributed by atoms with van der Waals surface area (Å²) in [5, 5.41) is 6.92. The van der Waals surface area contributed by atoms with Crippen molar-refractivity contribution in [3.63, 3.8) is 0 Å². The van der Waals surface area contributed by atoms with E-state index in [0.29, 0.717) is 30.1 Å². The fourth-order valence-electron chi connectivity index (χ4n) is 6.35. The van der Waals surface area contributed by atoms with Gasteiger partial charge in [-0.1, -0.05) is 53.2 Å². The highest BCUT2D eigenvalue weighted by Crippen LogP contribution is 2.38. The van der Waals surface area contributed by atoms with Crippen molar-refractivity contribution in [2.45, 2.75) is 78.7 Å². The van der Waals surface area contributed by atoms with Crippen LogP contribution in [0.4, 0.5) is 16.2 Å². The van der Waals surface area contributed by atoms with Crippen molar-refractivity contribution in [1.82, 2.24) is 14.5 Å². The van der Waals surface area contributed by atoms with Crippen molar-refractivity contribution in [1.29, 1.82) is 0 Å². The van der Waals surface area contributed by atoms with Crippen LogP contribution in [0.15, 0.2) is 59.5 Å². The number of likely N-dealkylation sites (tertiary alicyclic amines) is 1. The summed E-state index contributed by atoms with van der Waals surface area (Å²) in [7, 11) is 1.61. The smallest absolute Gasteiger partial charge is 0.323 e. The first-order valence-corrected chi connectivity index (χ1v) is 17.0. The number of nitrogens with zero attached hydrogens (tertiary/aromatic N) is 3. The zero-order chi connectivity index (χ0) is 33.5. The molecule has 9 nitrogen and oxygen atoms in total. The molecule has 0 atom stereocenters. The van der Waals surface area contributed by atoms with Gasteiger partial charge in [-0.25, -0.2) is 9.78 Å². The van der Waals surface area contributed by atoms with E-state index in [1.807, 2.05) is 48.5 Å². The molecule has 2 aromatic carbocycles. The lowest BCUT2D eigenvalue weighted by atomic mass is 9.92. The van der Waals surface area contributed by atoms with Gasteiger partial charge in [-0.3, -0.25) is 14.3 Å². The maximum Gasteiger partial charge on any atom is 0.323 e. The summed E-state index contributed by atoms with van der Waals surface area (Å²) in [6.07, 6.45) is 5.91. The van der Waals surface area contributed by atoms with Crippen molar-refractivity contribution in [3.8, 4) is 22.6 Å². The van der Waals surface area contributed by atoms with Crippen LogP contribution in [-0.2, 0) is 6.54 Å². The molecule has 0 spiro atoms. The van der Waals surface area contributed by atoms with E-state index in [0.717, 1.165) is 66.0 Å². The Morgan fingerprint density at radius 2 is 1.62 bits per heavy atom. The van der Waals surface area contributed by atoms with Gasteiger partial charge in [0.2, 0.25) is 0 Å². The van der Waals surface area contributed by atoms with Crippen LogP contribution in [0, 0.1) is 0 Å². The number of hydrogen-bond acceptors (Lipinski definition) is 6. The molecular weight excluding hydrogens is 590 g/mol. The number of methoxy groups -OCH3 is 1. The number of pyridine rings is 2. The predicted octanol–water partition coefficient (Wildman–Crippen LogP) is 8.24. The summed E-state index contributed by atoms with van der Waals surface area (Å²) in [6.45, 7) is 14.8. The van der Waals surface area contributed by atoms with E-state index in [-0.39, 0.29) is 23.1 Å². The molecule has 1 aliphatic rings. The predicted molar refractivity (Wildman–Crippen MR) is 191 cm³/mol. The number of aromatic nitrogens is 2. The Balaban J connectivity index is 1.54. The van der Waals surface area contributed by atoms with Gasteiger partial charge in [0.15, 0.2) is 0 Å². The molecule has 47 heavy (non-hydrogen) atoms. The molecule has 250 valence electrons. The Bertz CT molecular complexity index is 1730. The summed E-state index contributed by atoms with van der Waals surface area (Å²) in [4.78, 5) is 35.3. The van der Waals surface area contributed by atoms with Gasteiger partial charge in [0.1, 0.15) is 29.4 Å². The minimum Gasteiger partial charge on any atom is -0.497 e. The second-order valence-electron chi connectivity index (χ2n) is 12.9. The molecule has 1 aliphatic heterocycles. The Kier molecular flexibility index (Phi) is 11.2. The van der Waals surface area contributed by atoms with Crippen LogP contribution in [-0.4, -0.2) is 53.8 Å². The normalized spacial score (nSPS) is 13.4. The van der Waals surface area contributed by atoms with Crippen LogP contribution >= 0.6 is 0 Å². The molecule has 0 unspecified atom stereocenters. The van der Waals surface area contributed by atoms with E-state index in [1.165, 1.54) is 12.8 Å². The van der Waals surface area contributed by atoms with Crippen LogP contribution < -0.4 is 25.7 Å². The lowest BCUT2D eigenvalue weighted by Gasteiger charge is -2.23. The molecule has 0 saturated carbocycles. The highest BCUT2D eigenvalue weighted by molar-refractivity contribution is 6.08. The minimum atomic E-state index is -0.483. The maximum atomic E-state index is 14.2. The zero-order valence-electron chi connectivity index (χ0n) is 28.7. The lowest BCUT2D eigenvalue weighted by Crippen LogP contribution is -2.30. The lowest BCUT2D eigenvalue weighted by molar-refractivity contribution is 0.237. The summed E-state index contributed by atoms with van der Waals surface area (Å²) in [5.41, 5.74) is 4.56. The van der Waals surface area contributed by atoms with Crippen molar-refractivity contribution in [2.24, 2.45) is 0 Å². The maximum absolute atomic E-state index is 14.2. The average molecular weight is 640 g/mol. The number of fused-ring (bicyclic) bond motifs is 1. The minimum absolute atomic E-state index is 0.121. The molecule has 1 fully saturated rings. The van der Waals surface area contributed by atoms with E-state index in [9.17, 15) is 9.59 Å². The SMILES string of the molecule is CCCCn1c(=O)c(NC(=O)Nc2c(C(C)C)cc(OCCN3CCCC3)cc2C(C)C)c(-c2cccc(OC)c2)c2cccnc21. The molecule has 2 aromatic heterocycles. The second kappa shape index (κ2) is 15.5. The average Bonchev–Trinajstić information content (AvgIpc) is 3.58. The number of unbranched alkanes of at least 4 members (excludes halogenated alkanes) is 1. The summed E-state index contributed by atoms with van der Waals surface area (Å²) in [5.74, 6) is 1.70. The van der Waals surface area contributed by atoms with Gasteiger partial charge >= 0.3 is 6.03 Å². The number of urea groups is 1. The second-order valence-corrected chi connectivity index (χ2v) is 12.9. The van der Waals surface area contributed by atoms with Crippen molar-refractivity contribution >= 4 is 28.4 Å². The number of aryl methyl sites for hydroxylation is 1. The number of amides is 2. The molecule has 0 radical (unpaired) electrons. The van der Waals surface area contributed by atoms with Gasteiger partial charge in [0, 0.05) is 35.9 Å². The van der Waals surface area contributed by atoms with Crippen LogP contribution in [0.25, 0.3) is 22.2 Å². The molecule has 5 rings (SSSR count). The summed E-state index contributed by atoms with van der Waals surface area (Å²) >= 11 is 0. The van der Waals surface area contributed by atoms with E-state index in [2.05, 4.69) is 55.1 Å². The number of hydrogen-bond donors (Lipinski definition) is 2. The van der Waals surface area contributed by atoms with Crippen molar-refractivity contribution in [2.75, 3.05) is 44.0 Å². The third kappa shape index (κ3) is 7.79. The topological polar surface area (TPSA) is 97.7 Å². The fraction of sp³-hybridized carbons (Fsp3) is 0.447. The molecule has 9 heteroatoms. The highest BCUT2D eigenvalue weighted by atomic mass is 16.5. The standard InChI is InChI=1S/C38H49N5O4/c1-7-8-19-43-36-30(15-12-16-39-36)33(27-13-11-14-28(22-27)46-6)35(37(43)44)41-38(45)40-34-31(25(2)3)23-29(24-32(34)26(4)5)47-21-20-42-17-9-10-18-42/h11-16,22-26H,7-10,17-21H2,1-6H3,(H2,40,41,45). The van der Waals surface area contributed by atoms with E-state index < -0.39 is 6.03 Å². The molecular formula is C38H49N5O4. The summed E-state index contributed by atoms with van der Waals surface area (Å²) in [6, 6.07) is 14.9. The zero-order valence-corrected chi connectivity index (χ0v) is 28.7. The third-order valence-corrected chi connectivity index (χ3v) is 8.88. The first kappa shape index (κ1) is 34.0. The van der Waals surface area contributed by atoms with Gasteiger partial charge in [-0.15, -0.1) is 0 Å². The number of nitrogens with one attached hydrogen (secondary N) is 2. The van der Waals surface area contributed by atoms with Gasteiger partial charge in [0.05, 0.1) is 7.11 Å². The van der Waals surface area contributed by atoms with Gasteiger partial charge < -0.3 is 20.1 Å². The molecule has 1 saturated heterocycles. The van der Waals surface area contributed by atoms with E-state index >= 15 is 0 Å². The number of carbonyl (C=O) groups excluding carboxylic acids is 1. The van der Waals surface area contributed by atoms with Gasteiger partial charge in [-0.05, 0) is 97.3 Å². The Morgan fingerprint density at radius 1 is 0.915 bits per heavy atom. The molecule has 4 aromatic rings. The first-order chi connectivity index (χ1) is 22.7. The number of benzene rings is 2. The molecule has 0 bridgehead atoms. The fourth-order valence-corrected chi connectivity index (χ4v) is 6.35. The quantitative estimate of drug-likeness (QED) is 0.153. The number of ether oxygens (including phenoxy) is 2. The third-order valence-electron chi connectivity index (χ3n) is 8.88. The largest absolute Gasteiger partial charge is 0.497 e. The molecule has 3 heterocycles. The van der Waals surface area contributed by atoms with E-state index in [1.54, 1.807) is 17.9 Å². The number of anilines is 2. The van der Waals surface area contributed by atoms with Gasteiger partial charge in [0.25, 0.3) is 5.56 Å². The van der Waals surface area contributed by atoms with Crippen molar-refractivity contribution in [3.05, 3.63) is 76.2 Å². The molecule has 0 aliphatic carbocycles. The van der Waals surface area contributed by atoms with Crippen LogP contribution in [0.1, 0.15) is 83.3 Å². The number of carbonyl (C=O) groups is 1. The Labute approximate surface area is 278 Å². The van der Waals surface area contributed by atoms with Crippen LogP contribution in [0.3, 0.4) is 0 Å². The van der Waals surface area contributed by atoms with Crippen molar-refractivity contribution < 1.29 is 14.3 Å². The van der Waals surface area contributed by atoms with Crippen LogP contribution in [0.2, 0.25) is 0 Å². The summed E-state index contributed by atoms with van der Waals surface area (Å²) < 4.78 is 13.4. The molecule has 2 amide bonds. The monoisotopic (exact) mass is 639 g/mol.